The van der Waals surface area contributed by atoms with Crippen molar-refractivity contribution in [1.82, 2.24) is 0 Å². The Balaban J connectivity index is 2.42. The van der Waals surface area contributed by atoms with Crippen LogP contribution in [0.5, 0.6) is 0 Å². The standard InChI is InChI=1S/C17H19FN2O3S/c1-12-5-3-4-6-16(12)20(24(2,22)23)11-14-8-7-13(9-15(14)18)17(21)10-19/h3-9H,10-11,19H2,1-2H3. The van der Waals surface area contributed by atoms with Gasteiger partial charge in [-0.15, -0.1) is 0 Å². The normalized spacial score (nSPS) is 11.3. The zero-order valence-corrected chi connectivity index (χ0v) is 14.3. The summed E-state index contributed by atoms with van der Waals surface area (Å²) in [5.41, 5.74) is 6.86. The number of rotatable bonds is 6. The Morgan fingerprint density at radius 2 is 1.88 bits per heavy atom. The van der Waals surface area contributed by atoms with Crippen molar-refractivity contribution in [2.75, 3.05) is 17.1 Å². The minimum atomic E-state index is -3.61. The van der Waals surface area contributed by atoms with E-state index < -0.39 is 15.8 Å². The Kier molecular flexibility index (Phi) is 5.36. The molecular weight excluding hydrogens is 331 g/mol. The van der Waals surface area contributed by atoms with Crippen LogP contribution >= 0.6 is 0 Å². The molecule has 2 aromatic rings. The van der Waals surface area contributed by atoms with Crippen LogP contribution in [-0.2, 0) is 16.6 Å². The van der Waals surface area contributed by atoms with Gasteiger partial charge in [0.1, 0.15) is 5.82 Å². The number of nitrogens with zero attached hydrogens (tertiary/aromatic N) is 1. The van der Waals surface area contributed by atoms with Crippen molar-refractivity contribution in [2.45, 2.75) is 13.5 Å². The first-order chi connectivity index (χ1) is 11.2. The lowest BCUT2D eigenvalue weighted by molar-refractivity contribution is 0.100. The fourth-order valence-corrected chi connectivity index (χ4v) is 3.28. The van der Waals surface area contributed by atoms with Crippen LogP contribution < -0.4 is 10.0 Å². The van der Waals surface area contributed by atoms with Crippen molar-refractivity contribution in [3.8, 4) is 0 Å². The fraction of sp³-hybridized carbons (Fsp3) is 0.235. The molecule has 0 heterocycles. The number of benzene rings is 2. The molecule has 24 heavy (non-hydrogen) atoms. The summed E-state index contributed by atoms with van der Waals surface area (Å²) in [4.78, 5) is 11.5. The van der Waals surface area contributed by atoms with Gasteiger partial charge in [0.25, 0.3) is 0 Å². The number of nitrogens with two attached hydrogens (primary N) is 1. The minimum Gasteiger partial charge on any atom is -0.324 e. The molecule has 0 unspecified atom stereocenters. The van der Waals surface area contributed by atoms with Gasteiger partial charge in [0, 0.05) is 11.1 Å². The number of carbonyl (C=O) groups is 1. The number of halogens is 1. The molecule has 0 spiro atoms. The topological polar surface area (TPSA) is 80.5 Å². The molecule has 5 nitrogen and oxygen atoms in total. The third kappa shape index (κ3) is 3.98. The number of Topliss-reactive ketones (excluding diaryl/α,β-unsaturated/α-hetero) is 1. The van der Waals surface area contributed by atoms with E-state index in [0.29, 0.717) is 5.69 Å². The van der Waals surface area contributed by atoms with Crippen LogP contribution in [0.3, 0.4) is 0 Å². The summed E-state index contributed by atoms with van der Waals surface area (Å²) in [6.07, 6.45) is 1.07. The van der Waals surface area contributed by atoms with Gasteiger partial charge in [-0.25, -0.2) is 12.8 Å². The monoisotopic (exact) mass is 350 g/mol. The van der Waals surface area contributed by atoms with Crippen LogP contribution in [0.15, 0.2) is 42.5 Å². The van der Waals surface area contributed by atoms with Gasteiger partial charge in [0.15, 0.2) is 5.78 Å². The van der Waals surface area contributed by atoms with Crippen molar-refractivity contribution in [3.05, 3.63) is 65.0 Å². The highest BCUT2D eigenvalue weighted by atomic mass is 32.2. The van der Waals surface area contributed by atoms with E-state index in [0.717, 1.165) is 22.2 Å². The van der Waals surface area contributed by atoms with Gasteiger partial charge >= 0.3 is 0 Å². The zero-order valence-electron chi connectivity index (χ0n) is 13.5. The van der Waals surface area contributed by atoms with Gasteiger partial charge in [-0.05, 0) is 24.6 Å². The van der Waals surface area contributed by atoms with Crippen molar-refractivity contribution >= 4 is 21.5 Å². The van der Waals surface area contributed by atoms with E-state index in [1.54, 1.807) is 31.2 Å². The predicted molar refractivity (Wildman–Crippen MR) is 92.0 cm³/mol. The molecule has 128 valence electrons. The number of carbonyl (C=O) groups excluding carboxylic acids is 1. The molecule has 0 aliphatic rings. The molecule has 0 amide bonds. The highest BCUT2D eigenvalue weighted by Gasteiger charge is 2.21. The summed E-state index contributed by atoms with van der Waals surface area (Å²) >= 11 is 0. The van der Waals surface area contributed by atoms with Crippen molar-refractivity contribution in [2.24, 2.45) is 5.73 Å². The maximum atomic E-state index is 14.3. The number of ketones is 1. The molecule has 2 aromatic carbocycles. The maximum Gasteiger partial charge on any atom is 0.232 e. The van der Waals surface area contributed by atoms with Gasteiger partial charge in [-0.1, -0.05) is 30.3 Å². The van der Waals surface area contributed by atoms with Gasteiger partial charge < -0.3 is 5.73 Å². The van der Waals surface area contributed by atoms with Crippen LogP contribution in [0.25, 0.3) is 0 Å². The molecule has 0 atom stereocenters. The molecule has 0 aliphatic heterocycles. The molecule has 0 fully saturated rings. The lowest BCUT2D eigenvalue weighted by Gasteiger charge is -2.24. The lowest BCUT2D eigenvalue weighted by atomic mass is 10.1. The van der Waals surface area contributed by atoms with Gasteiger partial charge in [0.2, 0.25) is 10.0 Å². The first-order valence-electron chi connectivity index (χ1n) is 7.29. The summed E-state index contributed by atoms with van der Waals surface area (Å²) in [5.74, 6) is -1.02. The molecule has 2 rings (SSSR count). The van der Waals surface area contributed by atoms with Crippen LogP contribution in [0.1, 0.15) is 21.5 Å². The summed E-state index contributed by atoms with van der Waals surface area (Å²) < 4.78 is 39.7. The van der Waals surface area contributed by atoms with E-state index in [1.165, 1.54) is 12.1 Å². The number of para-hydroxylation sites is 1. The Hall–Kier alpha value is -2.25. The Bertz CT molecular complexity index is 866. The predicted octanol–water partition coefficient (Wildman–Crippen LogP) is 2.24. The molecular formula is C17H19FN2O3S. The number of sulfonamides is 1. The van der Waals surface area contributed by atoms with Crippen LogP contribution in [0.4, 0.5) is 10.1 Å². The Morgan fingerprint density at radius 3 is 2.42 bits per heavy atom. The zero-order chi connectivity index (χ0) is 17.9. The van der Waals surface area contributed by atoms with E-state index in [4.69, 9.17) is 5.73 Å². The van der Waals surface area contributed by atoms with Crippen LogP contribution in [-0.4, -0.2) is 27.0 Å². The maximum absolute atomic E-state index is 14.3. The summed E-state index contributed by atoms with van der Waals surface area (Å²) in [7, 11) is -3.61. The van der Waals surface area contributed by atoms with E-state index in [-0.39, 0.29) is 30.0 Å². The van der Waals surface area contributed by atoms with E-state index in [2.05, 4.69) is 0 Å². The van der Waals surface area contributed by atoms with Crippen LogP contribution in [0, 0.1) is 12.7 Å². The first kappa shape index (κ1) is 18.1. The number of hydrogen-bond acceptors (Lipinski definition) is 4. The van der Waals surface area contributed by atoms with Crippen LogP contribution in [0.2, 0.25) is 0 Å². The SMILES string of the molecule is Cc1ccccc1N(Cc1ccc(C(=O)CN)cc1F)S(C)(=O)=O. The summed E-state index contributed by atoms with van der Waals surface area (Å²) in [5, 5.41) is 0. The van der Waals surface area contributed by atoms with Crippen molar-refractivity contribution in [3.63, 3.8) is 0 Å². The Labute approximate surface area is 141 Å². The minimum absolute atomic E-state index is 0.160. The van der Waals surface area contributed by atoms with Gasteiger partial charge in [0.05, 0.1) is 25.0 Å². The van der Waals surface area contributed by atoms with Gasteiger partial charge in [-0.2, -0.15) is 0 Å². The second-order valence-corrected chi connectivity index (χ2v) is 7.40. The molecule has 0 saturated heterocycles. The highest BCUT2D eigenvalue weighted by Crippen LogP contribution is 2.25. The molecule has 0 aromatic heterocycles. The average Bonchev–Trinajstić information content (AvgIpc) is 2.52. The molecule has 0 saturated carbocycles. The molecule has 2 N–H and O–H groups in total. The molecule has 0 aliphatic carbocycles. The molecule has 0 bridgehead atoms. The Morgan fingerprint density at radius 1 is 1.21 bits per heavy atom. The van der Waals surface area contributed by atoms with E-state index in [9.17, 15) is 17.6 Å². The molecule has 0 radical (unpaired) electrons. The smallest absolute Gasteiger partial charge is 0.232 e. The summed E-state index contributed by atoms with van der Waals surface area (Å²) in [6.45, 7) is 1.41. The number of anilines is 1. The first-order valence-corrected chi connectivity index (χ1v) is 9.14. The second kappa shape index (κ2) is 7.11. The third-order valence-corrected chi connectivity index (χ3v) is 4.79. The lowest BCUT2D eigenvalue weighted by Crippen LogP contribution is -2.30. The van der Waals surface area contributed by atoms with E-state index >= 15 is 0 Å². The van der Waals surface area contributed by atoms with E-state index in [1.807, 2.05) is 0 Å². The quantitative estimate of drug-likeness (QED) is 0.810. The molecule has 7 heteroatoms. The summed E-state index contributed by atoms with van der Waals surface area (Å²) in [6, 6.07) is 10.9. The highest BCUT2D eigenvalue weighted by molar-refractivity contribution is 7.92. The average molecular weight is 350 g/mol. The number of hydrogen-bond donors (Lipinski definition) is 1. The third-order valence-electron chi connectivity index (χ3n) is 3.66. The van der Waals surface area contributed by atoms with Crippen molar-refractivity contribution in [1.29, 1.82) is 0 Å². The fourth-order valence-electron chi connectivity index (χ4n) is 2.35. The second-order valence-electron chi connectivity index (χ2n) is 5.49. The van der Waals surface area contributed by atoms with Crippen molar-refractivity contribution < 1.29 is 17.6 Å². The number of aryl methyl sites for hydroxylation is 1. The van der Waals surface area contributed by atoms with Gasteiger partial charge in [-0.3, -0.25) is 9.10 Å². The largest absolute Gasteiger partial charge is 0.324 e.